The number of aromatic nitrogens is 1. The van der Waals surface area contributed by atoms with Crippen molar-refractivity contribution in [1.82, 2.24) is 10.3 Å². The maximum Gasteiger partial charge on any atom is 0.297 e. The highest BCUT2D eigenvalue weighted by Crippen LogP contribution is 2.32. The Morgan fingerprint density at radius 3 is 2.63 bits per heavy atom. The van der Waals surface area contributed by atoms with Gasteiger partial charge in [-0.3, -0.25) is 8.98 Å². The molecule has 3 rings (SSSR count). The maximum absolute atomic E-state index is 12.8. The van der Waals surface area contributed by atoms with Gasteiger partial charge in [-0.25, -0.2) is 4.98 Å². The Morgan fingerprint density at radius 1 is 1.23 bits per heavy atom. The van der Waals surface area contributed by atoms with Crippen LogP contribution in [-0.4, -0.2) is 38.1 Å². The maximum atomic E-state index is 12.8. The van der Waals surface area contributed by atoms with E-state index in [2.05, 4.69) is 10.3 Å². The molecule has 8 heteroatoms. The van der Waals surface area contributed by atoms with Gasteiger partial charge in [0.1, 0.15) is 0 Å². The highest BCUT2D eigenvalue weighted by molar-refractivity contribution is 7.86. The van der Waals surface area contributed by atoms with E-state index in [4.69, 9.17) is 8.92 Å². The SMILES string of the molecule is Cc1ccc(S(=O)(=O)OC2Cc3cnc(OCC(=O)NC(C)C)c(C)c3C2)c(C)c1. The van der Waals surface area contributed by atoms with Gasteiger partial charge in [-0.15, -0.1) is 0 Å². The second-order valence-electron chi connectivity index (χ2n) is 8.05. The van der Waals surface area contributed by atoms with Crippen molar-refractivity contribution in [3.63, 3.8) is 0 Å². The summed E-state index contributed by atoms with van der Waals surface area (Å²) >= 11 is 0. The Kier molecular flexibility index (Phi) is 6.47. The molecule has 0 aliphatic heterocycles. The van der Waals surface area contributed by atoms with Crippen molar-refractivity contribution in [3.05, 3.63) is 52.2 Å². The van der Waals surface area contributed by atoms with Crippen LogP contribution in [0.4, 0.5) is 0 Å². The summed E-state index contributed by atoms with van der Waals surface area (Å²) in [6, 6.07) is 5.21. The van der Waals surface area contributed by atoms with Crippen LogP contribution in [0, 0.1) is 20.8 Å². The molecule has 0 bridgehead atoms. The Hall–Kier alpha value is -2.45. The predicted molar refractivity (Wildman–Crippen MR) is 113 cm³/mol. The van der Waals surface area contributed by atoms with Crippen molar-refractivity contribution in [1.29, 1.82) is 0 Å². The molecule has 1 aliphatic carbocycles. The van der Waals surface area contributed by atoms with E-state index in [0.29, 0.717) is 24.3 Å². The third-order valence-electron chi connectivity index (χ3n) is 5.03. The van der Waals surface area contributed by atoms with Crippen molar-refractivity contribution in [3.8, 4) is 5.88 Å². The molecule has 1 amide bonds. The third-order valence-corrected chi connectivity index (χ3v) is 6.55. The Labute approximate surface area is 177 Å². The molecule has 30 heavy (non-hydrogen) atoms. The molecule has 1 heterocycles. The number of amides is 1. The first-order valence-electron chi connectivity index (χ1n) is 9.97. The fraction of sp³-hybridized carbons (Fsp3) is 0.455. The van der Waals surface area contributed by atoms with Crippen LogP contribution >= 0.6 is 0 Å². The van der Waals surface area contributed by atoms with Crippen molar-refractivity contribution in [2.45, 2.75) is 64.5 Å². The van der Waals surface area contributed by atoms with Gasteiger partial charge in [0.15, 0.2) is 6.61 Å². The summed E-state index contributed by atoms with van der Waals surface area (Å²) in [6.07, 6.45) is 2.08. The van der Waals surface area contributed by atoms with E-state index in [1.165, 1.54) is 0 Å². The second kappa shape index (κ2) is 8.73. The molecular formula is C22H28N2O5S. The van der Waals surface area contributed by atoms with Gasteiger partial charge in [-0.05, 0) is 57.4 Å². The molecule has 0 fully saturated rings. The van der Waals surface area contributed by atoms with E-state index < -0.39 is 16.2 Å². The van der Waals surface area contributed by atoms with Crippen molar-refractivity contribution in [2.75, 3.05) is 6.61 Å². The van der Waals surface area contributed by atoms with Crippen molar-refractivity contribution in [2.24, 2.45) is 0 Å². The monoisotopic (exact) mass is 432 g/mol. The van der Waals surface area contributed by atoms with E-state index in [1.807, 2.05) is 33.8 Å². The number of hydrogen-bond acceptors (Lipinski definition) is 6. The molecule has 1 unspecified atom stereocenters. The number of carbonyl (C=O) groups excluding carboxylic acids is 1. The molecule has 1 N–H and O–H groups in total. The molecular weight excluding hydrogens is 404 g/mol. The quantitative estimate of drug-likeness (QED) is 0.676. The molecule has 1 aromatic heterocycles. The van der Waals surface area contributed by atoms with Crippen LogP contribution in [0.3, 0.4) is 0 Å². The standard InChI is InChI=1S/C22H28N2O5S/c1-13(2)24-21(25)12-28-22-16(5)19-10-18(9-17(19)11-23-22)29-30(26,27)20-7-6-14(3)8-15(20)4/h6-8,11,13,18H,9-10,12H2,1-5H3,(H,24,25). The minimum atomic E-state index is -3.87. The lowest BCUT2D eigenvalue weighted by atomic mass is 10.1. The number of aryl methyl sites for hydroxylation is 2. The Morgan fingerprint density at radius 2 is 1.97 bits per heavy atom. The normalized spacial score (nSPS) is 15.9. The zero-order valence-electron chi connectivity index (χ0n) is 18.0. The van der Waals surface area contributed by atoms with Crippen molar-refractivity contribution >= 4 is 16.0 Å². The van der Waals surface area contributed by atoms with E-state index >= 15 is 0 Å². The van der Waals surface area contributed by atoms with Crippen LogP contribution < -0.4 is 10.1 Å². The second-order valence-corrected chi connectivity index (χ2v) is 9.59. The predicted octanol–water partition coefficient (Wildman–Crippen LogP) is 2.78. The Bertz CT molecular complexity index is 1060. The van der Waals surface area contributed by atoms with Crippen LogP contribution in [-0.2, 0) is 31.9 Å². The number of fused-ring (bicyclic) bond motifs is 1. The minimum Gasteiger partial charge on any atom is -0.467 e. The largest absolute Gasteiger partial charge is 0.467 e. The molecule has 1 aromatic carbocycles. The van der Waals surface area contributed by atoms with Gasteiger partial charge >= 0.3 is 0 Å². The number of carbonyl (C=O) groups is 1. The number of nitrogens with one attached hydrogen (secondary N) is 1. The van der Waals surface area contributed by atoms with Gasteiger partial charge in [0, 0.05) is 30.6 Å². The fourth-order valence-corrected chi connectivity index (χ4v) is 4.99. The summed E-state index contributed by atoms with van der Waals surface area (Å²) in [6.45, 7) is 9.18. The third kappa shape index (κ3) is 4.99. The summed E-state index contributed by atoms with van der Waals surface area (Å²) in [7, 11) is -3.87. The van der Waals surface area contributed by atoms with E-state index in [0.717, 1.165) is 22.3 Å². The first-order chi connectivity index (χ1) is 14.1. The van der Waals surface area contributed by atoms with E-state index in [9.17, 15) is 13.2 Å². The van der Waals surface area contributed by atoms with E-state index in [-0.39, 0.29) is 23.5 Å². The van der Waals surface area contributed by atoms with Crippen LogP contribution in [0.15, 0.2) is 29.3 Å². The molecule has 2 aromatic rings. The fourth-order valence-electron chi connectivity index (χ4n) is 3.71. The number of ether oxygens (including phenoxy) is 1. The molecule has 1 atom stereocenters. The van der Waals surface area contributed by atoms with Crippen LogP contribution in [0.1, 0.15) is 41.7 Å². The summed E-state index contributed by atoms with van der Waals surface area (Å²) in [4.78, 5) is 16.3. The number of pyridine rings is 1. The van der Waals surface area contributed by atoms with Gasteiger partial charge < -0.3 is 10.1 Å². The number of benzene rings is 1. The number of nitrogens with zero attached hydrogens (tertiary/aromatic N) is 1. The molecule has 162 valence electrons. The lowest BCUT2D eigenvalue weighted by Crippen LogP contribution is -2.34. The minimum absolute atomic E-state index is 0.0344. The molecule has 0 saturated heterocycles. The Balaban J connectivity index is 1.70. The smallest absolute Gasteiger partial charge is 0.297 e. The number of hydrogen-bond donors (Lipinski definition) is 1. The molecule has 1 aliphatic rings. The molecule has 0 radical (unpaired) electrons. The van der Waals surface area contributed by atoms with Gasteiger partial charge in [0.2, 0.25) is 5.88 Å². The number of rotatable bonds is 7. The van der Waals surface area contributed by atoms with Crippen LogP contribution in [0.2, 0.25) is 0 Å². The summed E-state index contributed by atoms with van der Waals surface area (Å²) < 4.78 is 36.7. The average Bonchev–Trinajstić information content (AvgIpc) is 3.02. The summed E-state index contributed by atoms with van der Waals surface area (Å²) in [5, 5.41) is 2.76. The average molecular weight is 433 g/mol. The zero-order chi connectivity index (χ0) is 22.1. The highest BCUT2D eigenvalue weighted by atomic mass is 32.2. The lowest BCUT2D eigenvalue weighted by molar-refractivity contribution is -0.123. The summed E-state index contributed by atoms with van der Waals surface area (Å²) in [5.74, 6) is 0.165. The van der Waals surface area contributed by atoms with Gasteiger partial charge in [-0.2, -0.15) is 8.42 Å². The molecule has 0 spiro atoms. The lowest BCUT2D eigenvalue weighted by Gasteiger charge is -2.14. The first-order valence-corrected chi connectivity index (χ1v) is 11.4. The van der Waals surface area contributed by atoms with Gasteiger partial charge in [0.25, 0.3) is 16.0 Å². The van der Waals surface area contributed by atoms with Crippen molar-refractivity contribution < 1.29 is 22.1 Å². The summed E-state index contributed by atoms with van der Waals surface area (Å²) in [5.41, 5.74) is 4.37. The van der Waals surface area contributed by atoms with Gasteiger partial charge in [0.05, 0.1) is 11.0 Å². The molecule has 0 saturated carbocycles. The highest BCUT2D eigenvalue weighted by Gasteiger charge is 2.31. The van der Waals surface area contributed by atoms with Gasteiger partial charge in [-0.1, -0.05) is 17.7 Å². The van der Waals surface area contributed by atoms with E-state index in [1.54, 1.807) is 25.3 Å². The zero-order valence-corrected chi connectivity index (χ0v) is 18.8. The molecule has 7 nitrogen and oxygen atoms in total. The topological polar surface area (TPSA) is 94.6 Å². The van der Waals surface area contributed by atoms with Crippen LogP contribution in [0.5, 0.6) is 5.88 Å². The first kappa shape index (κ1) is 22.2. The van der Waals surface area contributed by atoms with Crippen LogP contribution in [0.25, 0.3) is 0 Å².